The van der Waals surface area contributed by atoms with Crippen molar-refractivity contribution in [3.8, 4) is 0 Å². The largest absolute Gasteiger partial charge is 0.0742 e. The van der Waals surface area contributed by atoms with E-state index in [1.165, 1.54) is 25.7 Å². The molecule has 1 saturated carbocycles. The van der Waals surface area contributed by atoms with E-state index in [4.69, 9.17) is 7.85 Å². The summed E-state index contributed by atoms with van der Waals surface area (Å²) in [4.78, 5) is 0. The number of hydrogen-bond acceptors (Lipinski definition) is 0. The molecule has 0 spiro atoms. The Bertz CT molecular complexity index is 129. The van der Waals surface area contributed by atoms with Crippen LogP contribution in [0.15, 0.2) is 0 Å². The van der Waals surface area contributed by atoms with E-state index in [1.807, 2.05) is 0 Å². The van der Waals surface area contributed by atoms with Gasteiger partial charge in [0.15, 0.2) is 0 Å². The quantitative estimate of drug-likeness (QED) is 0.503. The van der Waals surface area contributed by atoms with Crippen LogP contribution in [0.3, 0.4) is 0 Å². The average molecular weight is 150 g/mol. The van der Waals surface area contributed by atoms with Gasteiger partial charge in [-0.05, 0) is 11.8 Å². The molecule has 1 heteroatoms. The molecule has 3 atom stereocenters. The van der Waals surface area contributed by atoms with E-state index in [2.05, 4.69) is 20.8 Å². The molecule has 1 aliphatic carbocycles. The highest BCUT2D eigenvalue weighted by molar-refractivity contribution is 6.14. The second-order valence-corrected chi connectivity index (χ2v) is 4.54. The second kappa shape index (κ2) is 3.20. The van der Waals surface area contributed by atoms with Crippen molar-refractivity contribution in [2.45, 2.75) is 51.8 Å². The topological polar surface area (TPSA) is 0 Å². The van der Waals surface area contributed by atoms with Gasteiger partial charge in [0.05, 0.1) is 7.85 Å². The van der Waals surface area contributed by atoms with E-state index in [1.54, 1.807) is 0 Å². The highest BCUT2D eigenvalue weighted by Crippen LogP contribution is 2.45. The van der Waals surface area contributed by atoms with Crippen molar-refractivity contribution < 1.29 is 0 Å². The van der Waals surface area contributed by atoms with Gasteiger partial charge in [-0.1, -0.05) is 51.8 Å². The zero-order valence-corrected chi connectivity index (χ0v) is 8.06. The van der Waals surface area contributed by atoms with Gasteiger partial charge >= 0.3 is 0 Å². The average Bonchev–Trinajstić information content (AvgIpc) is 1.94. The summed E-state index contributed by atoms with van der Waals surface area (Å²) < 4.78 is 0. The highest BCUT2D eigenvalue weighted by Gasteiger charge is 2.30. The number of hydrogen-bond donors (Lipinski definition) is 0. The minimum absolute atomic E-state index is 0.132. The maximum atomic E-state index is 6.11. The molecule has 0 aromatic carbocycles. The maximum absolute atomic E-state index is 6.11. The molecule has 0 aromatic rings. The molecule has 11 heavy (non-hydrogen) atoms. The third kappa shape index (κ3) is 2.25. The Balaban J connectivity index is 2.51. The Hall–Kier alpha value is 0.0649. The Kier molecular flexibility index (Phi) is 2.67. The zero-order chi connectivity index (χ0) is 8.48. The zero-order valence-electron chi connectivity index (χ0n) is 8.06. The summed E-state index contributed by atoms with van der Waals surface area (Å²) in [6.45, 7) is 6.84. The minimum Gasteiger partial charge on any atom is -0.0686 e. The molecule has 0 heterocycles. The predicted molar refractivity (Wildman–Crippen MR) is 50.9 cm³/mol. The summed E-state index contributed by atoms with van der Waals surface area (Å²) in [5.41, 5.74) is 0. The Morgan fingerprint density at radius 2 is 2.18 bits per heavy atom. The molecule has 2 radical (unpaired) electrons. The van der Waals surface area contributed by atoms with Gasteiger partial charge in [-0.3, -0.25) is 0 Å². The van der Waals surface area contributed by atoms with Crippen LogP contribution in [0.5, 0.6) is 0 Å². The van der Waals surface area contributed by atoms with Gasteiger partial charge in [0.2, 0.25) is 0 Å². The summed E-state index contributed by atoms with van der Waals surface area (Å²) >= 11 is 0. The fourth-order valence-corrected chi connectivity index (χ4v) is 2.24. The highest BCUT2D eigenvalue weighted by atomic mass is 14.3. The summed E-state index contributed by atoms with van der Waals surface area (Å²) in [6.07, 6.45) is 5.06. The fraction of sp³-hybridized carbons (Fsp3) is 1.00. The van der Waals surface area contributed by atoms with Gasteiger partial charge in [0, 0.05) is 0 Å². The van der Waals surface area contributed by atoms with Crippen molar-refractivity contribution in [3.63, 3.8) is 0 Å². The lowest BCUT2D eigenvalue weighted by molar-refractivity contribution is 0.209. The third-order valence-corrected chi connectivity index (χ3v) is 3.23. The molecule has 1 fully saturated rings. The first-order chi connectivity index (χ1) is 5.05. The molecule has 1 aliphatic rings. The lowest BCUT2D eigenvalue weighted by Gasteiger charge is -2.39. The van der Waals surface area contributed by atoms with Gasteiger partial charge < -0.3 is 0 Å². The standard InChI is InChI=1S/C10H19B/c1-4-9-7-10(3,11)6-5-8(9)2/h8-9H,4-7H2,1-3H3. The van der Waals surface area contributed by atoms with Gasteiger partial charge in [0.25, 0.3) is 0 Å². The molecule has 0 saturated heterocycles. The monoisotopic (exact) mass is 150 g/mol. The van der Waals surface area contributed by atoms with E-state index in [0.717, 1.165) is 11.8 Å². The molecule has 0 bridgehead atoms. The van der Waals surface area contributed by atoms with E-state index >= 15 is 0 Å². The molecule has 1 rings (SSSR count). The molecule has 3 unspecified atom stereocenters. The first kappa shape index (κ1) is 9.16. The molecular formula is C10H19B. The van der Waals surface area contributed by atoms with Crippen LogP contribution in [-0.2, 0) is 0 Å². The first-order valence-corrected chi connectivity index (χ1v) is 4.84. The van der Waals surface area contributed by atoms with Gasteiger partial charge in [-0.15, -0.1) is 0 Å². The van der Waals surface area contributed by atoms with E-state index in [9.17, 15) is 0 Å². The van der Waals surface area contributed by atoms with Crippen molar-refractivity contribution in [1.29, 1.82) is 0 Å². The Morgan fingerprint density at radius 3 is 2.64 bits per heavy atom. The Labute approximate surface area is 72.2 Å². The third-order valence-electron chi connectivity index (χ3n) is 3.23. The lowest BCUT2D eigenvalue weighted by Crippen LogP contribution is -2.25. The SMILES string of the molecule is [B]C1(C)CCC(C)C(CC)C1. The van der Waals surface area contributed by atoms with Crippen LogP contribution in [0.25, 0.3) is 0 Å². The van der Waals surface area contributed by atoms with Crippen molar-refractivity contribution >= 4 is 7.85 Å². The van der Waals surface area contributed by atoms with Crippen LogP contribution >= 0.6 is 0 Å². The van der Waals surface area contributed by atoms with Crippen LogP contribution < -0.4 is 0 Å². The first-order valence-electron chi connectivity index (χ1n) is 4.84. The van der Waals surface area contributed by atoms with Gasteiger partial charge in [-0.2, -0.15) is 0 Å². The van der Waals surface area contributed by atoms with Crippen LogP contribution in [0.1, 0.15) is 46.5 Å². The molecule has 0 N–H and O–H groups in total. The smallest absolute Gasteiger partial charge is 0.0686 e. The summed E-state index contributed by atoms with van der Waals surface area (Å²) in [5.74, 6) is 1.77. The van der Waals surface area contributed by atoms with Gasteiger partial charge in [0.1, 0.15) is 0 Å². The van der Waals surface area contributed by atoms with Gasteiger partial charge in [-0.25, -0.2) is 0 Å². The van der Waals surface area contributed by atoms with E-state index < -0.39 is 0 Å². The molecule has 0 nitrogen and oxygen atoms in total. The van der Waals surface area contributed by atoms with Crippen molar-refractivity contribution in [3.05, 3.63) is 0 Å². The minimum atomic E-state index is 0.132. The summed E-state index contributed by atoms with van der Waals surface area (Å²) in [7, 11) is 6.11. The molecule has 0 aromatic heterocycles. The summed E-state index contributed by atoms with van der Waals surface area (Å²) in [6, 6.07) is 0. The lowest BCUT2D eigenvalue weighted by atomic mass is 9.56. The fourth-order valence-electron chi connectivity index (χ4n) is 2.24. The van der Waals surface area contributed by atoms with E-state index in [0.29, 0.717) is 0 Å². The Morgan fingerprint density at radius 1 is 1.55 bits per heavy atom. The van der Waals surface area contributed by atoms with E-state index in [-0.39, 0.29) is 5.31 Å². The molecule has 0 aliphatic heterocycles. The second-order valence-electron chi connectivity index (χ2n) is 4.54. The van der Waals surface area contributed by atoms with Crippen LogP contribution in [0.2, 0.25) is 5.31 Å². The summed E-state index contributed by atoms with van der Waals surface area (Å²) in [5, 5.41) is 0.132. The van der Waals surface area contributed by atoms with Crippen molar-refractivity contribution in [2.75, 3.05) is 0 Å². The molecular weight excluding hydrogens is 131 g/mol. The molecule has 0 amide bonds. The molecule has 62 valence electrons. The van der Waals surface area contributed by atoms with Crippen LogP contribution in [-0.4, -0.2) is 7.85 Å². The van der Waals surface area contributed by atoms with Crippen molar-refractivity contribution in [2.24, 2.45) is 11.8 Å². The van der Waals surface area contributed by atoms with Crippen LogP contribution in [0.4, 0.5) is 0 Å². The maximum Gasteiger partial charge on any atom is 0.0742 e. The van der Waals surface area contributed by atoms with Crippen molar-refractivity contribution in [1.82, 2.24) is 0 Å². The predicted octanol–water partition coefficient (Wildman–Crippen LogP) is 3.18. The number of rotatable bonds is 1. The van der Waals surface area contributed by atoms with Crippen LogP contribution in [0, 0.1) is 11.8 Å². The normalized spacial score (nSPS) is 45.7.